The van der Waals surface area contributed by atoms with Gasteiger partial charge in [0.25, 0.3) is 0 Å². The second-order valence-corrected chi connectivity index (χ2v) is 8.07. The fourth-order valence-corrected chi connectivity index (χ4v) is 3.92. The first-order valence-electron chi connectivity index (χ1n) is 11.3. The summed E-state index contributed by atoms with van der Waals surface area (Å²) in [6.45, 7) is 0. The molecule has 4 N–H and O–H groups in total. The molecule has 6 rings (SSSR count). The van der Waals surface area contributed by atoms with Crippen LogP contribution < -0.4 is 47.1 Å². The zero-order chi connectivity index (χ0) is 25.1. The molecule has 6 aromatic rings. The van der Waals surface area contributed by atoms with Gasteiger partial charge in [-0.15, -0.1) is 0 Å². The Morgan fingerprint density at radius 1 is 0.462 bits per heavy atom. The second kappa shape index (κ2) is 13.8. The number of para-hydroxylation sites is 2. The van der Waals surface area contributed by atoms with Gasteiger partial charge in [0.05, 0.1) is 10.8 Å². The molecule has 2 aromatic heterocycles. The van der Waals surface area contributed by atoms with E-state index in [1.807, 2.05) is 72.8 Å². The van der Waals surface area contributed by atoms with E-state index < -0.39 is 0 Å². The second-order valence-electron chi connectivity index (χ2n) is 8.07. The molecular formula is C30H22Cl2N2O4Pd. The van der Waals surface area contributed by atoms with Gasteiger partial charge in [0, 0.05) is 11.1 Å². The molecule has 200 valence electrons. The van der Waals surface area contributed by atoms with Gasteiger partial charge < -0.3 is 45.1 Å². The van der Waals surface area contributed by atoms with E-state index in [1.54, 1.807) is 36.4 Å². The average molecular weight is 652 g/mol. The van der Waals surface area contributed by atoms with Crippen molar-refractivity contribution in [3.05, 3.63) is 130 Å². The summed E-state index contributed by atoms with van der Waals surface area (Å²) in [5, 5.41) is 1.02. The maximum absolute atomic E-state index is 12.1. The number of rotatable bonds is 2. The number of nitrogens with two attached hydrogens (primary N) is 2. The molecule has 0 fully saturated rings. The monoisotopic (exact) mass is 650 g/mol. The smallest absolute Gasteiger partial charge is 1.00 e. The molecule has 0 saturated carbocycles. The van der Waals surface area contributed by atoms with Crippen LogP contribution >= 0.6 is 0 Å². The van der Waals surface area contributed by atoms with Crippen LogP contribution in [0.25, 0.3) is 44.6 Å². The molecule has 0 unspecified atom stereocenters. The van der Waals surface area contributed by atoms with Crippen LogP contribution in [0.15, 0.2) is 128 Å². The first-order valence-corrected chi connectivity index (χ1v) is 11.3. The zero-order valence-electron chi connectivity index (χ0n) is 20.3. The van der Waals surface area contributed by atoms with E-state index in [9.17, 15) is 9.59 Å². The Morgan fingerprint density at radius 3 is 1.13 bits per heavy atom. The van der Waals surface area contributed by atoms with Gasteiger partial charge in [-0.25, -0.2) is 0 Å². The molecule has 9 heteroatoms. The van der Waals surface area contributed by atoms with E-state index in [2.05, 4.69) is 0 Å². The topological polar surface area (TPSA) is 112 Å². The van der Waals surface area contributed by atoms with Gasteiger partial charge in [-0.1, -0.05) is 84.9 Å². The molecule has 0 atom stereocenters. The van der Waals surface area contributed by atoms with Crippen molar-refractivity contribution in [3.8, 4) is 22.6 Å². The predicted molar refractivity (Wildman–Crippen MR) is 145 cm³/mol. The fraction of sp³-hybridized carbons (Fsp3) is 0. The van der Waals surface area contributed by atoms with Gasteiger partial charge in [-0.05, 0) is 24.3 Å². The largest absolute Gasteiger partial charge is 2.00 e. The SMILES string of the molecule is Nc1c(-c2ccccc2)oc2ccccc2c1=O.Nc1c(-c2ccccc2)oc2ccccc2c1=O.[Cl-].[Cl-].[Pd+2]. The van der Waals surface area contributed by atoms with Gasteiger partial charge in [0.15, 0.2) is 11.5 Å². The molecule has 4 aromatic carbocycles. The van der Waals surface area contributed by atoms with E-state index in [-0.39, 0.29) is 67.5 Å². The van der Waals surface area contributed by atoms with Gasteiger partial charge in [0.2, 0.25) is 10.9 Å². The van der Waals surface area contributed by atoms with Crippen molar-refractivity contribution in [3.63, 3.8) is 0 Å². The van der Waals surface area contributed by atoms with Crippen LogP contribution in [0.5, 0.6) is 0 Å². The number of nitrogen functional groups attached to an aromatic ring is 2. The van der Waals surface area contributed by atoms with Crippen molar-refractivity contribution < 1.29 is 54.1 Å². The molecular weight excluding hydrogens is 630 g/mol. The molecule has 0 bridgehead atoms. The summed E-state index contributed by atoms with van der Waals surface area (Å²) in [5.74, 6) is 0.860. The Kier molecular flexibility index (Phi) is 11.1. The summed E-state index contributed by atoms with van der Waals surface area (Å²) >= 11 is 0. The minimum Gasteiger partial charge on any atom is -1.00 e. The Hall–Kier alpha value is -3.86. The quantitative estimate of drug-likeness (QED) is 0.257. The zero-order valence-corrected chi connectivity index (χ0v) is 23.3. The molecule has 0 radical (unpaired) electrons. The van der Waals surface area contributed by atoms with Crippen molar-refractivity contribution in [2.75, 3.05) is 11.5 Å². The summed E-state index contributed by atoms with van der Waals surface area (Å²) in [5.41, 5.74) is 14.4. The summed E-state index contributed by atoms with van der Waals surface area (Å²) in [6.07, 6.45) is 0. The predicted octanol–water partition coefficient (Wildman–Crippen LogP) is 0.0899. The standard InChI is InChI=1S/2C15H11NO2.2ClH.Pd/c2*16-13-14(17)11-8-4-5-9-12(11)18-15(13)10-6-2-1-3-7-10;;;/h2*1-9H,16H2;2*1H;/q;;;;+2/p-2. The summed E-state index contributed by atoms with van der Waals surface area (Å²) < 4.78 is 11.5. The summed E-state index contributed by atoms with van der Waals surface area (Å²) in [4.78, 5) is 24.3. The van der Waals surface area contributed by atoms with Gasteiger partial charge in [-0.3, -0.25) is 9.59 Å². The van der Waals surface area contributed by atoms with Crippen molar-refractivity contribution in [2.45, 2.75) is 0 Å². The Bertz CT molecular complexity index is 1670. The fourth-order valence-electron chi connectivity index (χ4n) is 3.92. The maximum Gasteiger partial charge on any atom is 2.00 e. The molecule has 6 nitrogen and oxygen atoms in total. The summed E-state index contributed by atoms with van der Waals surface area (Å²) in [6, 6.07) is 33.0. The molecule has 2 heterocycles. The molecule has 0 saturated heterocycles. The molecule has 0 aliphatic heterocycles. The van der Waals surface area contributed by atoms with Crippen LogP contribution in [-0.4, -0.2) is 0 Å². The Labute approximate surface area is 250 Å². The Morgan fingerprint density at radius 2 is 0.769 bits per heavy atom. The molecule has 0 aliphatic rings. The minimum absolute atomic E-state index is 0. The first kappa shape index (κ1) is 31.4. The van der Waals surface area contributed by atoms with E-state index in [0.717, 1.165) is 11.1 Å². The van der Waals surface area contributed by atoms with Crippen molar-refractivity contribution >= 4 is 33.3 Å². The van der Waals surface area contributed by atoms with Crippen LogP contribution in [0.4, 0.5) is 11.4 Å². The number of halogens is 2. The van der Waals surface area contributed by atoms with Crippen LogP contribution in [0.1, 0.15) is 0 Å². The normalized spacial score (nSPS) is 9.85. The minimum atomic E-state index is -0.185. The number of hydrogen-bond donors (Lipinski definition) is 2. The number of hydrogen-bond acceptors (Lipinski definition) is 6. The number of fused-ring (bicyclic) bond motifs is 2. The van der Waals surface area contributed by atoms with E-state index >= 15 is 0 Å². The van der Waals surface area contributed by atoms with Crippen molar-refractivity contribution in [2.24, 2.45) is 0 Å². The number of anilines is 2. The average Bonchev–Trinajstić information content (AvgIpc) is 2.94. The molecule has 39 heavy (non-hydrogen) atoms. The van der Waals surface area contributed by atoms with Crippen molar-refractivity contribution in [1.29, 1.82) is 0 Å². The third-order valence-corrected chi connectivity index (χ3v) is 5.74. The molecule has 0 aliphatic carbocycles. The first-order chi connectivity index (χ1) is 17.5. The summed E-state index contributed by atoms with van der Waals surface area (Å²) in [7, 11) is 0. The van der Waals surface area contributed by atoms with E-state index in [0.29, 0.717) is 33.5 Å². The molecule has 0 spiro atoms. The van der Waals surface area contributed by atoms with Crippen LogP contribution in [-0.2, 0) is 20.4 Å². The number of benzene rings is 4. The third-order valence-electron chi connectivity index (χ3n) is 5.74. The van der Waals surface area contributed by atoms with Gasteiger partial charge in [0.1, 0.15) is 22.5 Å². The van der Waals surface area contributed by atoms with Crippen molar-refractivity contribution in [1.82, 2.24) is 0 Å². The van der Waals surface area contributed by atoms with Gasteiger partial charge in [-0.2, -0.15) is 0 Å². The van der Waals surface area contributed by atoms with Crippen LogP contribution in [0.2, 0.25) is 0 Å². The Balaban J connectivity index is 0.000000254. The van der Waals surface area contributed by atoms with E-state index in [1.165, 1.54) is 0 Å². The third kappa shape index (κ3) is 6.42. The molecule has 0 amide bonds. The van der Waals surface area contributed by atoms with E-state index in [4.69, 9.17) is 20.3 Å². The van der Waals surface area contributed by atoms with Gasteiger partial charge >= 0.3 is 20.4 Å². The maximum atomic E-state index is 12.1. The van der Waals surface area contributed by atoms with Crippen LogP contribution in [0.3, 0.4) is 0 Å². The van der Waals surface area contributed by atoms with Crippen LogP contribution in [0, 0.1) is 0 Å².